The number of carbonyl (C=O) groups is 3. The number of fused-ring (bicyclic) bond motifs is 1. The summed E-state index contributed by atoms with van der Waals surface area (Å²) < 4.78 is 13.4. The maximum Gasteiger partial charge on any atom is 0.302 e. The number of amides is 2. The van der Waals surface area contributed by atoms with Gasteiger partial charge in [-0.05, 0) is 90.3 Å². The van der Waals surface area contributed by atoms with E-state index in [1.807, 2.05) is 39.1 Å². The molecular formula is C43H57N5O6. The zero-order valence-corrected chi connectivity index (χ0v) is 33.1. The zero-order valence-electron chi connectivity index (χ0n) is 33.1. The van der Waals surface area contributed by atoms with E-state index in [2.05, 4.69) is 59.3 Å². The van der Waals surface area contributed by atoms with Crippen LogP contribution >= 0.6 is 0 Å². The number of nitrogens with zero attached hydrogens (tertiary/aromatic N) is 3. The quantitative estimate of drug-likeness (QED) is 0.113. The molecule has 1 saturated heterocycles. The van der Waals surface area contributed by atoms with E-state index in [1.165, 1.54) is 6.92 Å². The molecule has 3 heterocycles. The van der Waals surface area contributed by atoms with Crippen molar-refractivity contribution in [3.8, 4) is 28.1 Å². The Labute approximate surface area is 319 Å². The molecule has 2 unspecified atom stereocenters. The number of rotatable bonds is 15. The monoisotopic (exact) mass is 739 g/mol. The summed E-state index contributed by atoms with van der Waals surface area (Å²) in [5.74, 6) is -0.772. The second-order valence-corrected chi connectivity index (χ2v) is 15.7. The van der Waals surface area contributed by atoms with Crippen molar-refractivity contribution in [3.63, 3.8) is 0 Å². The van der Waals surface area contributed by atoms with Crippen molar-refractivity contribution in [2.75, 3.05) is 26.8 Å². The summed E-state index contributed by atoms with van der Waals surface area (Å²) in [6, 6.07) is 12.9. The zero-order chi connectivity index (χ0) is 39.2. The number of pyridine rings is 1. The molecular weight excluding hydrogens is 683 g/mol. The van der Waals surface area contributed by atoms with Crippen LogP contribution in [0.1, 0.15) is 78.0 Å². The highest BCUT2D eigenvalue weighted by Gasteiger charge is 2.31. The smallest absolute Gasteiger partial charge is 0.302 e. The first kappa shape index (κ1) is 40.4. The van der Waals surface area contributed by atoms with Gasteiger partial charge in [-0.15, -0.1) is 0 Å². The largest absolute Gasteiger partial charge is 0.508 e. The van der Waals surface area contributed by atoms with Crippen LogP contribution in [0.3, 0.4) is 0 Å². The second-order valence-electron chi connectivity index (χ2n) is 15.7. The minimum absolute atomic E-state index is 0.0703. The lowest BCUT2D eigenvalue weighted by atomic mass is 9.84. The van der Waals surface area contributed by atoms with Crippen molar-refractivity contribution in [1.29, 1.82) is 0 Å². The average molecular weight is 740 g/mol. The van der Waals surface area contributed by atoms with Gasteiger partial charge in [-0.1, -0.05) is 46.8 Å². The van der Waals surface area contributed by atoms with Crippen molar-refractivity contribution in [2.24, 2.45) is 17.3 Å². The van der Waals surface area contributed by atoms with Gasteiger partial charge >= 0.3 is 5.97 Å². The van der Waals surface area contributed by atoms with Gasteiger partial charge in [-0.3, -0.25) is 24.4 Å². The molecule has 3 N–H and O–H groups in total. The van der Waals surface area contributed by atoms with Crippen LogP contribution in [-0.4, -0.2) is 70.3 Å². The first-order valence-electron chi connectivity index (χ1n) is 19.1. The fraction of sp³-hybridized carbons (Fsp3) is 0.488. The maximum atomic E-state index is 13.8. The summed E-state index contributed by atoms with van der Waals surface area (Å²) in [6.07, 6.45) is 6.36. The van der Waals surface area contributed by atoms with E-state index in [0.717, 1.165) is 62.8 Å². The second kappa shape index (κ2) is 17.6. The Bertz CT molecular complexity index is 1960. The fourth-order valence-corrected chi connectivity index (χ4v) is 7.23. The Morgan fingerprint density at radius 3 is 2.50 bits per heavy atom. The molecule has 0 spiro atoms. The average Bonchev–Trinajstić information content (AvgIpc) is 3.44. The van der Waals surface area contributed by atoms with Gasteiger partial charge in [0.25, 0.3) is 5.91 Å². The van der Waals surface area contributed by atoms with Gasteiger partial charge in [0.05, 0.1) is 18.9 Å². The lowest BCUT2D eigenvalue weighted by molar-refractivity contribution is -0.144. The summed E-state index contributed by atoms with van der Waals surface area (Å²) in [5, 5.41) is 16.8. The van der Waals surface area contributed by atoms with Crippen molar-refractivity contribution >= 4 is 28.7 Å². The number of phenols is 1. The standard InChI is InChI=1S/C43H57N5O6/c1-9-47-39-13-12-31(22-35(39)36(23-43(6,7)26-54-29(5)49)40(47)37-24-44-16-14-32(37)25-53-8)33-18-30(19-34(50)21-33)20-38(46-41(51)28(4)27(2)3)42(52)48-17-11-10-15-45-48/h12-14,16,18-19,21-22,24,27-28,38,45,50H,9-11,15,17,20,23,25-26H2,1-8H3,(H,46,51). The molecule has 2 amide bonds. The minimum Gasteiger partial charge on any atom is -0.508 e. The third kappa shape index (κ3) is 9.49. The van der Waals surface area contributed by atoms with Crippen molar-refractivity contribution in [2.45, 2.75) is 93.3 Å². The number of aromatic hydroxyl groups is 1. The molecule has 0 saturated carbocycles. The number of hydrazine groups is 1. The molecule has 2 atom stereocenters. The molecule has 2 aromatic carbocycles. The molecule has 5 rings (SSSR count). The van der Waals surface area contributed by atoms with Crippen molar-refractivity contribution < 1.29 is 29.0 Å². The van der Waals surface area contributed by atoms with Crippen LogP contribution in [0, 0.1) is 17.3 Å². The third-order valence-electron chi connectivity index (χ3n) is 10.4. The summed E-state index contributed by atoms with van der Waals surface area (Å²) >= 11 is 0. The molecule has 0 aliphatic carbocycles. The Hall–Kier alpha value is -4.74. The van der Waals surface area contributed by atoms with Crippen LogP contribution in [0.2, 0.25) is 0 Å². The molecule has 290 valence electrons. The third-order valence-corrected chi connectivity index (χ3v) is 10.4. The van der Waals surface area contributed by atoms with E-state index in [1.54, 1.807) is 30.4 Å². The number of nitrogens with one attached hydrogen (secondary N) is 2. The molecule has 0 radical (unpaired) electrons. The topological polar surface area (TPSA) is 135 Å². The van der Waals surface area contributed by atoms with Gasteiger partial charge in [0.1, 0.15) is 11.8 Å². The molecule has 2 aromatic heterocycles. The number of aromatic nitrogens is 2. The van der Waals surface area contributed by atoms with Crippen LogP contribution in [0.5, 0.6) is 5.75 Å². The van der Waals surface area contributed by atoms with Gasteiger partial charge in [0.2, 0.25) is 5.91 Å². The summed E-state index contributed by atoms with van der Waals surface area (Å²) in [5.41, 5.74) is 10.4. The number of hydrogen-bond acceptors (Lipinski definition) is 8. The first-order chi connectivity index (χ1) is 25.7. The van der Waals surface area contributed by atoms with E-state index in [4.69, 9.17) is 9.47 Å². The minimum atomic E-state index is -0.811. The number of hydrogen-bond donors (Lipinski definition) is 3. The van der Waals surface area contributed by atoms with Gasteiger partial charge in [0, 0.05) is 80.3 Å². The SMILES string of the molecule is CCn1c(-c2cnccc2COC)c(CC(C)(C)COC(C)=O)c2cc(-c3cc(O)cc(CC(NC(=O)C(C)C(C)C)C(=O)N4CCCCN4)c3)ccc21. The molecule has 4 aromatic rings. The van der Waals surface area contributed by atoms with E-state index in [-0.39, 0.29) is 48.4 Å². The molecule has 1 fully saturated rings. The molecule has 1 aliphatic heterocycles. The Morgan fingerprint density at radius 2 is 1.83 bits per heavy atom. The van der Waals surface area contributed by atoms with E-state index >= 15 is 0 Å². The van der Waals surface area contributed by atoms with Gasteiger partial charge in [0.15, 0.2) is 0 Å². The normalized spacial score (nSPS) is 14.6. The highest BCUT2D eigenvalue weighted by Crippen LogP contribution is 2.41. The van der Waals surface area contributed by atoms with E-state index in [0.29, 0.717) is 32.7 Å². The highest BCUT2D eigenvalue weighted by atomic mass is 16.5. The maximum absolute atomic E-state index is 13.8. The van der Waals surface area contributed by atoms with E-state index < -0.39 is 11.5 Å². The van der Waals surface area contributed by atoms with Crippen LogP contribution in [-0.2, 0) is 49.9 Å². The number of carbonyl (C=O) groups excluding carboxylic acids is 3. The predicted molar refractivity (Wildman–Crippen MR) is 211 cm³/mol. The predicted octanol–water partition coefficient (Wildman–Crippen LogP) is 6.82. The van der Waals surface area contributed by atoms with Crippen molar-refractivity contribution in [3.05, 3.63) is 71.5 Å². The first-order valence-corrected chi connectivity index (χ1v) is 19.1. The number of methoxy groups -OCH3 is 1. The molecule has 0 bridgehead atoms. The Morgan fingerprint density at radius 1 is 1.06 bits per heavy atom. The highest BCUT2D eigenvalue weighted by molar-refractivity contribution is 5.95. The van der Waals surface area contributed by atoms with Crippen LogP contribution in [0.4, 0.5) is 0 Å². The summed E-state index contributed by atoms with van der Waals surface area (Å²) in [4.78, 5) is 43.5. The van der Waals surface area contributed by atoms with E-state index in [9.17, 15) is 19.5 Å². The van der Waals surface area contributed by atoms with Gasteiger partial charge < -0.3 is 24.5 Å². The lowest BCUT2D eigenvalue weighted by Crippen LogP contribution is -2.56. The van der Waals surface area contributed by atoms with Crippen LogP contribution < -0.4 is 10.7 Å². The number of phenolic OH excluding ortho intramolecular Hbond substituents is 1. The molecule has 1 aliphatic rings. The number of ether oxygens (including phenoxy) is 2. The van der Waals surface area contributed by atoms with Gasteiger partial charge in [-0.2, -0.15) is 0 Å². The van der Waals surface area contributed by atoms with Gasteiger partial charge in [-0.25, -0.2) is 5.43 Å². The molecule has 11 nitrogen and oxygen atoms in total. The lowest BCUT2D eigenvalue weighted by Gasteiger charge is -2.32. The Kier molecular flexibility index (Phi) is 13.2. The fourth-order valence-electron chi connectivity index (χ4n) is 7.23. The van der Waals surface area contributed by atoms with Crippen molar-refractivity contribution in [1.82, 2.24) is 25.3 Å². The summed E-state index contributed by atoms with van der Waals surface area (Å²) in [7, 11) is 1.68. The number of benzene rings is 2. The molecule has 54 heavy (non-hydrogen) atoms. The van der Waals surface area contributed by atoms with Crippen LogP contribution in [0.25, 0.3) is 33.3 Å². The Balaban J connectivity index is 1.61. The molecule has 11 heteroatoms. The summed E-state index contributed by atoms with van der Waals surface area (Å²) in [6.45, 7) is 16.2. The number of aryl methyl sites for hydroxylation is 1. The van der Waals surface area contributed by atoms with Crippen LogP contribution in [0.15, 0.2) is 54.9 Å². The number of esters is 1.